The van der Waals surface area contributed by atoms with Crippen molar-refractivity contribution in [2.45, 2.75) is 20.0 Å². The maximum absolute atomic E-state index is 5.14. The molecule has 1 unspecified atom stereocenters. The molecule has 98 valence electrons. The van der Waals surface area contributed by atoms with Crippen molar-refractivity contribution in [3.05, 3.63) is 18.2 Å². The Morgan fingerprint density at radius 2 is 2.24 bits per heavy atom. The predicted octanol–water partition coefficient (Wildman–Crippen LogP) is 0.902. The topological polar surface area (TPSA) is 48.3 Å². The summed E-state index contributed by atoms with van der Waals surface area (Å²) in [6, 6.07) is 0. The second-order valence-electron chi connectivity index (χ2n) is 4.27. The Labute approximate surface area is 103 Å². The van der Waals surface area contributed by atoms with Crippen molar-refractivity contribution in [1.29, 1.82) is 0 Å². The van der Waals surface area contributed by atoms with E-state index in [0.29, 0.717) is 5.92 Å². The minimum Gasteiger partial charge on any atom is -0.384 e. The highest BCUT2D eigenvalue weighted by Crippen LogP contribution is 2.05. The number of imidazole rings is 1. The lowest BCUT2D eigenvalue weighted by atomic mass is 10.2. The SMILES string of the molecule is COCCNCc1cncn1CC(C)COC. The first-order chi connectivity index (χ1) is 8.27. The molecule has 0 amide bonds. The number of nitrogens with zero attached hydrogens (tertiary/aromatic N) is 2. The van der Waals surface area contributed by atoms with Crippen LogP contribution in [-0.2, 0) is 22.6 Å². The third-order valence-corrected chi connectivity index (χ3v) is 2.55. The zero-order valence-electron chi connectivity index (χ0n) is 11.0. The summed E-state index contributed by atoms with van der Waals surface area (Å²) in [6.07, 6.45) is 3.78. The van der Waals surface area contributed by atoms with Gasteiger partial charge >= 0.3 is 0 Å². The average molecular weight is 241 g/mol. The number of methoxy groups -OCH3 is 2. The van der Waals surface area contributed by atoms with Crippen LogP contribution in [-0.4, -0.2) is 43.5 Å². The molecule has 1 atom stereocenters. The van der Waals surface area contributed by atoms with Crippen LogP contribution in [0.3, 0.4) is 0 Å². The molecule has 0 aliphatic rings. The molecule has 0 aromatic carbocycles. The second kappa shape index (κ2) is 8.22. The van der Waals surface area contributed by atoms with Gasteiger partial charge in [0.2, 0.25) is 0 Å². The maximum Gasteiger partial charge on any atom is 0.0948 e. The Hall–Kier alpha value is -0.910. The molecule has 5 heteroatoms. The van der Waals surface area contributed by atoms with Crippen LogP contribution in [0.2, 0.25) is 0 Å². The molecule has 17 heavy (non-hydrogen) atoms. The lowest BCUT2D eigenvalue weighted by molar-refractivity contribution is 0.151. The molecule has 0 fully saturated rings. The molecule has 0 saturated carbocycles. The molecule has 0 aliphatic carbocycles. The van der Waals surface area contributed by atoms with Gasteiger partial charge in [-0.15, -0.1) is 0 Å². The highest BCUT2D eigenvalue weighted by Gasteiger charge is 2.06. The number of aromatic nitrogens is 2. The number of nitrogens with one attached hydrogen (secondary N) is 1. The first-order valence-corrected chi connectivity index (χ1v) is 5.95. The lowest BCUT2D eigenvalue weighted by Gasteiger charge is -2.14. The molecule has 0 aliphatic heterocycles. The molecule has 1 heterocycles. The van der Waals surface area contributed by atoms with Crippen molar-refractivity contribution in [2.24, 2.45) is 5.92 Å². The summed E-state index contributed by atoms with van der Waals surface area (Å²) in [5.41, 5.74) is 1.20. The van der Waals surface area contributed by atoms with Gasteiger partial charge in [0.25, 0.3) is 0 Å². The van der Waals surface area contributed by atoms with Crippen LogP contribution in [0.15, 0.2) is 12.5 Å². The highest BCUT2D eigenvalue weighted by molar-refractivity contribution is 4.98. The standard InChI is InChI=1S/C12H23N3O2/c1-11(9-17-3)8-15-10-14-7-12(15)6-13-4-5-16-2/h7,10-11,13H,4-6,8-9H2,1-3H3. The van der Waals surface area contributed by atoms with Crippen LogP contribution in [0.25, 0.3) is 0 Å². The Morgan fingerprint density at radius 3 is 2.94 bits per heavy atom. The lowest BCUT2D eigenvalue weighted by Crippen LogP contribution is -2.21. The van der Waals surface area contributed by atoms with Crippen molar-refractivity contribution >= 4 is 0 Å². The van der Waals surface area contributed by atoms with Crippen molar-refractivity contribution in [2.75, 3.05) is 34.0 Å². The van der Waals surface area contributed by atoms with Crippen LogP contribution in [0, 0.1) is 5.92 Å². The van der Waals surface area contributed by atoms with E-state index in [1.54, 1.807) is 14.2 Å². The molecular weight excluding hydrogens is 218 g/mol. The summed E-state index contributed by atoms with van der Waals surface area (Å²) in [4.78, 5) is 4.19. The van der Waals surface area contributed by atoms with E-state index in [-0.39, 0.29) is 0 Å². The molecule has 1 N–H and O–H groups in total. The Morgan fingerprint density at radius 1 is 1.41 bits per heavy atom. The molecule has 1 aromatic heterocycles. The smallest absolute Gasteiger partial charge is 0.0948 e. The third kappa shape index (κ3) is 5.30. The minimum absolute atomic E-state index is 0.493. The van der Waals surface area contributed by atoms with E-state index >= 15 is 0 Å². The van der Waals surface area contributed by atoms with Crippen molar-refractivity contribution < 1.29 is 9.47 Å². The summed E-state index contributed by atoms with van der Waals surface area (Å²) in [5.74, 6) is 0.493. The van der Waals surface area contributed by atoms with Crippen LogP contribution in [0.1, 0.15) is 12.6 Å². The van der Waals surface area contributed by atoms with Crippen LogP contribution in [0.4, 0.5) is 0 Å². The predicted molar refractivity (Wildman–Crippen MR) is 66.8 cm³/mol. The average Bonchev–Trinajstić information content (AvgIpc) is 2.72. The maximum atomic E-state index is 5.14. The van der Waals surface area contributed by atoms with Gasteiger partial charge in [-0.25, -0.2) is 4.98 Å². The summed E-state index contributed by atoms with van der Waals surface area (Å²) >= 11 is 0. The quantitative estimate of drug-likeness (QED) is 0.653. The van der Waals surface area contributed by atoms with Gasteiger partial charge in [-0.3, -0.25) is 0 Å². The second-order valence-corrected chi connectivity index (χ2v) is 4.27. The Balaban J connectivity index is 2.37. The summed E-state index contributed by atoms with van der Waals surface area (Å²) in [5, 5.41) is 3.32. The molecule has 1 rings (SSSR count). The van der Waals surface area contributed by atoms with Gasteiger partial charge in [-0.1, -0.05) is 6.92 Å². The van der Waals surface area contributed by atoms with Gasteiger partial charge < -0.3 is 19.4 Å². The number of hydrogen-bond acceptors (Lipinski definition) is 4. The number of rotatable bonds is 9. The fraction of sp³-hybridized carbons (Fsp3) is 0.750. The fourth-order valence-corrected chi connectivity index (χ4v) is 1.72. The van der Waals surface area contributed by atoms with E-state index in [1.165, 1.54) is 5.69 Å². The minimum atomic E-state index is 0.493. The Kier molecular flexibility index (Phi) is 6.84. The Bertz CT molecular complexity index is 302. The van der Waals surface area contributed by atoms with Crippen LogP contribution < -0.4 is 5.32 Å². The first-order valence-electron chi connectivity index (χ1n) is 5.95. The molecule has 5 nitrogen and oxygen atoms in total. The van der Waals surface area contributed by atoms with Crippen LogP contribution in [0.5, 0.6) is 0 Å². The highest BCUT2D eigenvalue weighted by atomic mass is 16.5. The monoisotopic (exact) mass is 241 g/mol. The van der Waals surface area contributed by atoms with Gasteiger partial charge in [-0.2, -0.15) is 0 Å². The van der Waals surface area contributed by atoms with E-state index in [0.717, 1.165) is 32.8 Å². The normalized spacial score (nSPS) is 12.9. The largest absolute Gasteiger partial charge is 0.384 e. The van der Waals surface area contributed by atoms with E-state index in [1.807, 2.05) is 12.5 Å². The van der Waals surface area contributed by atoms with Crippen molar-refractivity contribution in [1.82, 2.24) is 14.9 Å². The molecular formula is C12H23N3O2. The summed E-state index contributed by atoms with van der Waals surface area (Å²) < 4.78 is 12.3. The molecule has 0 bridgehead atoms. The summed E-state index contributed by atoms with van der Waals surface area (Å²) in [6.45, 7) is 6.29. The van der Waals surface area contributed by atoms with E-state index < -0.39 is 0 Å². The van der Waals surface area contributed by atoms with Crippen LogP contribution >= 0.6 is 0 Å². The van der Waals surface area contributed by atoms with Gasteiger partial charge in [0.05, 0.1) is 25.2 Å². The first kappa shape index (κ1) is 14.2. The van der Waals surface area contributed by atoms with Gasteiger partial charge in [0.15, 0.2) is 0 Å². The van der Waals surface area contributed by atoms with Gasteiger partial charge in [0, 0.05) is 40.1 Å². The summed E-state index contributed by atoms with van der Waals surface area (Å²) in [7, 11) is 3.44. The molecule has 0 spiro atoms. The zero-order chi connectivity index (χ0) is 12.5. The zero-order valence-corrected chi connectivity index (χ0v) is 11.0. The third-order valence-electron chi connectivity index (χ3n) is 2.55. The van der Waals surface area contributed by atoms with E-state index in [9.17, 15) is 0 Å². The van der Waals surface area contributed by atoms with Crippen molar-refractivity contribution in [3.63, 3.8) is 0 Å². The fourth-order valence-electron chi connectivity index (χ4n) is 1.72. The molecule has 0 radical (unpaired) electrons. The number of hydrogen-bond donors (Lipinski definition) is 1. The van der Waals surface area contributed by atoms with Gasteiger partial charge in [-0.05, 0) is 5.92 Å². The molecule has 0 saturated heterocycles. The van der Waals surface area contributed by atoms with Crippen molar-refractivity contribution in [3.8, 4) is 0 Å². The van der Waals surface area contributed by atoms with E-state index in [2.05, 4.69) is 21.8 Å². The van der Waals surface area contributed by atoms with E-state index in [4.69, 9.17) is 9.47 Å². The van der Waals surface area contributed by atoms with Gasteiger partial charge in [0.1, 0.15) is 0 Å². The molecule has 1 aromatic rings. The number of ether oxygens (including phenoxy) is 2.